The Labute approximate surface area is 279 Å². The second-order valence-corrected chi connectivity index (χ2v) is 18.6. The Kier molecular flexibility index (Phi) is 8.50. The number of hydrogen-bond donors (Lipinski definition) is 5. The molecule has 0 unspecified atom stereocenters. The van der Waals surface area contributed by atoms with Crippen molar-refractivity contribution in [2.45, 2.75) is 143 Å². The fourth-order valence-electron chi connectivity index (χ4n) is 12.4. The van der Waals surface area contributed by atoms with Crippen LogP contribution in [0, 0.1) is 50.7 Å². The summed E-state index contributed by atoms with van der Waals surface area (Å²) in [6.45, 7) is 15.1. The molecule has 0 radical (unpaired) electrons. The Balaban J connectivity index is 1.31. The van der Waals surface area contributed by atoms with Crippen molar-refractivity contribution in [3.05, 3.63) is 11.6 Å². The zero-order valence-electron chi connectivity index (χ0n) is 28.9. The Morgan fingerprint density at radius 2 is 1.64 bits per heavy atom. The lowest BCUT2D eigenvalue weighted by Gasteiger charge is -2.72. The molecule has 5 N–H and O–H groups in total. The number of carboxylic acid groups (broad SMARTS) is 1. The lowest BCUT2D eigenvalue weighted by Crippen LogP contribution is -2.68. The van der Waals surface area contributed by atoms with Gasteiger partial charge >= 0.3 is 16.4 Å². The Morgan fingerprint density at radius 1 is 0.957 bits per heavy atom. The van der Waals surface area contributed by atoms with E-state index in [2.05, 4.69) is 47.6 Å². The van der Waals surface area contributed by atoms with Crippen molar-refractivity contribution in [2.75, 3.05) is 6.61 Å². The average molecular weight is 685 g/mol. The summed E-state index contributed by atoms with van der Waals surface area (Å²) in [6.07, 6.45) is 2.76. The van der Waals surface area contributed by atoms with Gasteiger partial charge in [-0.2, -0.15) is 8.42 Å². The average Bonchev–Trinajstić information content (AvgIpc) is 2.95. The molecule has 5 fully saturated rings. The SMILES string of the molecule is C[C@@H]1CC[C@]2(C(=O)O)CC[C@]3(C)C(=CC[C@@H]4[C@@]5(C)CC[C@H](O[C@@H]6OC[C@H](O)[C@H](O)[C@H]6OS(=O)(=O)O)C(C)(C)[C@@H]5CC[C@]43C)[C@@H]2[C@]1(C)O. The van der Waals surface area contributed by atoms with E-state index in [1.54, 1.807) is 0 Å². The predicted molar refractivity (Wildman–Crippen MR) is 171 cm³/mol. The topological polar surface area (TPSA) is 180 Å². The van der Waals surface area contributed by atoms with Crippen LogP contribution < -0.4 is 0 Å². The third kappa shape index (κ3) is 5.05. The molecule has 5 aliphatic carbocycles. The molecule has 4 saturated carbocycles. The largest absolute Gasteiger partial charge is 0.481 e. The number of carboxylic acids is 1. The lowest BCUT2D eigenvalue weighted by molar-refractivity contribution is -0.304. The number of aliphatic carboxylic acids is 1. The molecule has 1 aliphatic heterocycles. The van der Waals surface area contributed by atoms with E-state index in [-0.39, 0.29) is 46.2 Å². The van der Waals surface area contributed by atoms with E-state index >= 15 is 0 Å². The first-order valence-electron chi connectivity index (χ1n) is 17.5. The molecule has 0 spiro atoms. The molecule has 1 saturated heterocycles. The second-order valence-electron chi connectivity index (χ2n) is 17.6. The van der Waals surface area contributed by atoms with E-state index in [1.165, 1.54) is 0 Å². The van der Waals surface area contributed by atoms with Gasteiger partial charge < -0.3 is 29.9 Å². The number of fused-ring (bicyclic) bond motifs is 7. The minimum atomic E-state index is -4.96. The van der Waals surface area contributed by atoms with Crippen LogP contribution in [0.5, 0.6) is 0 Å². The maximum absolute atomic E-state index is 13.0. The highest BCUT2D eigenvalue weighted by Gasteiger charge is 2.71. The number of aliphatic hydroxyl groups is 3. The van der Waals surface area contributed by atoms with E-state index in [4.69, 9.17) is 13.7 Å². The maximum Gasteiger partial charge on any atom is 0.397 e. The Morgan fingerprint density at radius 3 is 2.28 bits per heavy atom. The molecule has 47 heavy (non-hydrogen) atoms. The number of carbonyl (C=O) groups is 1. The van der Waals surface area contributed by atoms with Crippen LogP contribution in [0.25, 0.3) is 0 Å². The molecule has 0 amide bonds. The van der Waals surface area contributed by atoms with E-state index in [9.17, 15) is 38.2 Å². The summed E-state index contributed by atoms with van der Waals surface area (Å²) in [5.41, 5.74) is -1.77. The van der Waals surface area contributed by atoms with Crippen molar-refractivity contribution >= 4 is 16.4 Å². The number of hydrogen-bond acceptors (Lipinski definition) is 9. The normalized spacial score (nSPS) is 52.7. The molecular weight excluding hydrogens is 628 g/mol. The van der Waals surface area contributed by atoms with Crippen molar-refractivity contribution in [1.29, 1.82) is 0 Å². The zero-order chi connectivity index (χ0) is 34.8. The van der Waals surface area contributed by atoms with Crippen molar-refractivity contribution in [1.82, 2.24) is 0 Å². The summed E-state index contributed by atoms with van der Waals surface area (Å²) >= 11 is 0. The molecule has 0 aromatic rings. The van der Waals surface area contributed by atoms with Crippen molar-refractivity contribution in [3.8, 4) is 0 Å². The molecule has 0 aromatic carbocycles. The molecule has 11 nitrogen and oxygen atoms in total. The van der Waals surface area contributed by atoms with Gasteiger partial charge in [-0.15, -0.1) is 0 Å². The summed E-state index contributed by atoms with van der Waals surface area (Å²) in [5, 5.41) is 43.4. The van der Waals surface area contributed by atoms with Gasteiger partial charge in [0.15, 0.2) is 12.4 Å². The molecule has 6 aliphatic rings. The number of aliphatic hydroxyl groups excluding tert-OH is 2. The molecule has 268 valence electrons. The number of allylic oxidation sites excluding steroid dienone is 1. The fourth-order valence-corrected chi connectivity index (χ4v) is 12.8. The molecule has 6 rings (SSSR count). The maximum atomic E-state index is 13.0. The predicted octanol–water partition coefficient (Wildman–Crippen LogP) is 4.49. The van der Waals surface area contributed by atoms with E-state index in [0.717, 1.165) is 37.7 Å². The first-order chi connectivity index (χ1) is 21.6. The molecular formula is C35H56O11S. The lowest BCUT2D eigenvalue weighted by atomic mass is 9.33. The first kappa shape index (κ1) is 35.7. The Hall–Kier alpha value is -1.12. The van der Waals surface area contributed by atoms with Crippen LogP contribution in [0.4, 0.5) is 0 Å². The summed E-state index contributed by atoms with van der Waals surface area (Å²) in [7, 11) is -4.96. The Bertz CT molecular complexity index is 1410. The van der Waals surface area contributed by atoms with Gasteiger partial charge in [-0.1, -0.05) is 53.2 Å². The highest BCUT2D eigenvalue weighted by atomic mass is 32.3. The number of rotatable bonds is 5. The number of ether oxygens (including phenoxy) is 2. The van der Waals surface area contributed by atoms with Crippen LogP contribution in [-0.4, -0.2) is 82.3 Å². The van der Waals surface area contributed by atoms with Gasteiger partial charge in [0.1, 0.15) is 12.2 Å². The zero-order valence-corrected chi connectivity index (χ0v) is 29.8. The molecule has 14 atom stereocenters. The van der Waals surface area contributed by atoms with E-state index < -0.39 is 57.9 Å². The van der Waals surface area contributed by atoms with Crippen LogP contribution in [0.1, 0.15) is 106 Å². The monoisotopic (exact) mass is 684 g/mol. The minimum absolute atomic E-state index is 0.00177. The van der Waals surface area contributed by atoms with E-state index in [0.29, 0.717) is 31.6 Å². The van der Waals surface area contributed by atoms with Crippen LogP contribution >= 0.6 is 0 Å². The molecule has 0 bridgehead atoms. The van der Waals surface area contributed by atoms with Crippen LogP contribution in [-0.2, 0) is 28.9 Å². The van der Waals surface area contributed by atoms with Gasteiger partial charge in [-0.3, -0.25) is 9.35 Å². The second kappa shape index (κ2) is 11.2. The van der Waals surface area contributed by atoms with Crippen molar-refractivity contribution in [3.63, 3.8) is 0 Å². The van der Waals surface area contributed by atoms with Crippen LogP contribution in [0.2, 0.25) is 0 Å². The quantitative estimate of drug-likeness (QED) is 0.156. The highest BCUT2D eigenvalue weighted by molar-refractivity contribution is 7.80. The smallest absolute Gasteiger partial charge is 0.397 e. The standard InChI is InChI=1S/C35H56O11S/c1-19-10-15-35(29(38)39)17-16-32(5)20(27(35)34(19,7)40)8-9-23-31(4)13-12-24(30(2,3)22(31)11-14-33(23,32)6)45-28-26(46-47(41,42)43)25(37)21(36)18-44-28/h8,19,21-28,36-37,40H,9-18H2,1-7H3,(H,38,39)(H,41,42,43)/t19-,21+,22+,23-,24+,25+,26-,27-,28+,31+,32-,33-,34-,35+/m1/s1. The third-order valence-corrected chi connectivity index (χ3v) is 15.9. The molecule has 12 heteroatoms. The third-order valence-electron chi connectivity index (χ3n) is 15.4. The van der Waals surface area contributed by atoms with Gasteiger partial charge in [0.25, 0.3) is 0 Å². The van der Waals surface area contributed by atoms with Crippen LogP contribution in [0.3, 0.4) is 0 Å². The summed E-state index contributed by atoms with van der Waals surface area (Å²) in [5.74, 6) is -0.678. The van der Waals surface area contributed by atoms with Crippen molar-refractivity contribution in [2.24, 2.45) is 50.7 Å². The van der Waals surface area contributed by atoms with E-state index in [1.807, 2.05) is 6.92 Å². The summed E-state index contributed by atoms with van der Waals surface area (Å²) in [4.78, 5) is 13.0. The first-order valence-corrected chi connectivity index (χ1v) is 18.9. The summed E-state index contributed by atoms with van der Waals surface area (Å²) < 4.78 is 49.4. The highest BCUT2D eigenvalue weighted by Crippen LogP contribution is 2.76. The van der Waals surface area contributed by atoms with Gasteiger partial charge in [0.2, 0.25) is 0 Å². The fraction of sp³-hybridized carbons (Fsp3) is 0.914. The van der Waals surface area contributed by atoms with Gasteiger partial charge in [0, 0.05) is 5.92 Å². The van der Waals surface area contributed by atoms with Gasteiger partial charge in [0.05, 0.1) is 23.7 Å². The molecule has 0 aromatic heterocycles. The van der Waals surface area contributed by atoms with Crippen LogP contribution in [0.15, 0.2) is 11.6 Å². The van der Waals surface area contributed by atoms with Gasteiger partial charge in [-0.25, -0.2) is 4.18 Å². The summed E-state index contributed by atoms with van der Waals surface area (Å²) in [6, 6.07) is 0. The minimum Gasteiger partial charge on any atom is -0.481 e. The van der Waals surface area contributed by atoms with Crippen molar-refractivity contribution < 1.29 is 51.8 Å². The van der Waals surface area contributed by atoms with Gasteiger partial charge in [-0.05, 0) is 104 Å². The molecule has 1 heterocycles.